The Morgan fingerprint density at radius 1 is 1.33 bits per heavy atom. The first-order valence-electron chi connectivity index (χ1n) is 7.04. The maximum atomic E-state index is 12.3. The summed E-state index contributed by atoms with van der Waals surface area (Å²) in [5.74, 6) is 0.589. The summed E-state index contributed by atoms with van der Waals surface area (Å²) in [6, 6.07) is 9.05. The van der Waals surface area contributed by atoms with E-state index in [4.69, 9.17) is 0 Å². The average Bonchev–Trinajstić information content (AvgIpc) is 2.48. The second-order valence-electron chi connectivity index (χ2n) is 4.86. The smallest absolute Gasteiger partial charge is 0.252 e. The standard InChI is InChI=1S/C16H20N4O/c1-4-17-15-10-13(9-11(2)19-15)16(21)20-12(3)14-7-5-6-8-18-14/h5-10,12H,4H2,1-3H3,(H,17,19)(H,20,21). The third-order valence-corrected chi connectivity index (χ3v) is 3.05. The highest BCUT2D eigenvalue weighted by atomic mass is 16.1. The minimum atomic E-state index is -0.144. The number of carbonyl (C=O) groups excluding carboxylic acids is 1. The van der Waals surface area contributed by atoms with E-state index in [9.17, 15) is 4.79 Å². The van der Waals surface area contributed by atoms with Gasteiger partial charge in [0.1, 0.15) is 5.82 Å². The van der Waals surface area contributed by atoms with E-state index in [0.29, 0.717) is 11.4 Å². The van der Waals surface area contributed by atoms with Crippen molar-refractivity contribution in [1.29, 1.82) is 0 Å². The molecule has 0 aromatic carbocycles. The van der Waals surface area contributed by atoms with Gasteiger partial charge in [0.15, 0.2) is 0 Å². The van der Waals surface area contributed by atoms with Gasteiger partial charge in [0.05, 0.1) is 11.7 Å². The minimum absolute atomic E-state index is 0.127. The fourth-order valence-corrected chi connectivity index (χ4v) is 2.06. The van der Waals surface area contributed by atoms with E-state index in [-0.39, 0.29) is 11.9 Å². The molecule has 0 saturated carbocycles. The summed E-state index contributed by atoms with van der Waals surface area (Å²) in [4.78, 5) is 20.9. The van der Waals surface area contributed by atoms with Crippen molar-refractivity contribution in [2.45, 2.75) is 26.8 Å². The second-order valence-corrected chi connectivity index (χ2v) is 4.86. The summed E-state index contributed by atoms with van der Waals surface area (Å²) in [5, 5.41) is 6.08. The van der Waals surface area contributed by atoms with Gasteiger partial charge in [-0.25, -0.2) is 4.98 Å². The molecule has 2 N–H and O–H groups in total. The predicted octanol–water partition coefficient (Wildman–Crippen LogP) is 2.71. The number of aromatic nitrogens is 2. The van der Waals surface area contributed by atoms with Crippen molar-refractivity contribution in [3.63, 3.8) is 0 Å². The van der Waals surface area contributed by atoms with Crippen molar-refractivity contribution in [3.05, 3.63) is 53.5 Å². The van der Waals surface area contributed by atoms with Gasteiger partial charge >= 0.3 is 0 Å². The lowest BCUT2D eigenvalue weighted by Crippen LogP contribution is -2.27. The molecule has 0 bridgehead atoms. The Labute approximate surface area is 124 Å². The van der Waals surface area contributed by atoms with Crippen molar-refractivity contribution in [2.75, 3.05) is 11.9 Å². The van der Waals surface area contributed by atoms with Crippen LogP contribution in [0.4, 0.5) is 5.82 Å². The molecule has 2 aromatic heterocycles. The van der Waals surface area contributed by atoms with Gasteiger partial charge in [0.25, 0.3) is 5.91 Å². The molecule has 0 aliphatic carbocycles. The number of nitrogens with zero attached hydrogens (tertiary/aromatic N) is 2. The van der Waals surface area contributed by atoms with Gasteiger partial charge in [-0.3, -0.25) is 9.78 Å². The summed E-state index contributed by atoms with van der Waals surface area (Å²) in [6.07, 6.45) is 1.72. The Hall–Kier alpha value is -2.43. The zero-order valence-corrected chi connectivity index (χ0v) is 12.6. The van der Waals surface area contributed by atoms with Crippen LogP contribution in [0, 0.1) is 6.92 Å². The topological polar surface area (TPSA) is 66.9 Å². The maximum absolute atomic E-state index is 12.3. The third-order valence-electron chi connectivity index (χ3n) is 3.05. The molecule has 0 saturated heterocycles. The Bertz CT molecular complexity index is 613. The van der Waals surface area contributed by atoms with Crippen molar-refractivity contribution in [1.82, 2.24) is 15.3 Å². The van der Waals surface area contributed by atoms with Crippen LogP contribution in [0.25, 0.3) is 0 Å². The van der Waals surface area contributed by atoms with E-state index < -0.39 is 0 Å². The zero-order valence-electron chi connectivity index (χ0n) is 12.6. The maximum Gasteiger partial charge on any atom is 0.252 e. The van der Waals surface area contributed by atoms with Crippen molar-refractivity contribution in [3.8, 4) is 0 Å². The highest BCUT2D eigenvalue weighted by Crippen LogP contribution is 2.13. The number of hydrogen-bond donors (Lipinski definition) is 2. The van der Waals surface area contributed by atoms with E-state index in [1.165, 1.54) is 0 Å². The molecule has 110 valence electrons. The number of carbonyl (C=O) groups is 1. The number of hydrogen-bond acceptors (Lipinski definition) is 4. The molecule has 2 heterocycles. The van der Waals surface area contributed by atoms with E-state index in [1.807, 2.05) is 39.0 Å². The van der Waals surface area contributed by atoms with Crippen molar-refractivity contribution >= 4 is 11.7 Å². The lowest BCUT2D eigenvalue weighted by atomic mass is 10.1. The van der Waals surface area contributed by atoms with Gasteiger partial charge in [0, 0.05) is 24.0 Å². The normalized spacial score (nSPS) is 11.8. The summed E-state index contributed by atoms with van der Waals surface area (Å²) in [7, 11) is 0. The first kappa shape index (κ1) is 15.0. The molecule has 1 atom stereocenters. The molecule has 1 amide bonds. The van der Waals surface area contributed by atoms with Crippen LogP contribution in [-0.2, 0) is 0 Å². The highest BCUT2D eigenvalue weighted by Gasteiger charge is 2.13. The van der Waals surface area contributed by atoms with Crippen LogP contribution >= 0.6 is 0 Å². The number of nitrogens with one attached hydrogen (secondary N) is 2. The van der Waals surface area contributed by atoms with E-state index in [1.54, 1.807) is 18.3 Å². The van der Waals surface area contributed by atoms with Crippen LogP contribution < -0.4 is 10.6 Å². The van der Waals surface area contributed by atoms with Crippen LogP contribution in [0.5, 0.6) is 0 Å². The quantitative estimate of drug-likeness (QED) is 0.886. The summed E-state index contributed by atoms with van der Waals surface area (Å²) in [5.41, 5.74) is 2.24. The molecule has 21 heavy (non-hydrogen) atoms. The molecule has 0 aliphatic heterocycles. The highest BCUT2D eigenvalue weighted by molar-refractivity contribution is 5.95. The summed E-state index contributed by atoms with van der Waals surface area (Å²) >= 11 is 0. The monoisotopic (exact) mass is 284 g/mol. The fraction of sp³-hybridized carbons (Fsp3) is 0.312. The third kappa shape index (κ3) is 4.02. The summed E-state index contributed by atoms with van der Waals surface area (Å²) in [6.45, 7) is 6.55. The second kappa shape index (κ2) is 6.83. The van der Waals surface area contributed by atoms with Crippen LogP contribution in [0.15, 0.2) is 36.5 Å². The largest absolute Gasteiger partial charge is 0.370 e. The van der Waals surface area contributed by atoms with E-state index >= 15 is 0 Å². The van der Waals surface area contributed by atoms with Crippen LogP contribution in [-0.4, -0.2) is 22.4 Å². The average molecular weight is 284 g/mol. The van der Waals surface area contributed by atoms with Gasteiger partial charge < -0.3 is 10.6 Å². The lowest BCUT2D eigenvalue weighted by molar-refractivity contribution is 0.0939. The molecule has 5 nitrogen and oxygen atoms in total. The number of rotatable bonds is 5. The number of pyridine rings is 2. The van der Waals surface area contributed by atoms with Crippen LogP contribution in [0.2, 0.25) is 0 Å². The van der Waals surface area contributed by atoms with Gasteiger partial charge in [-0.1, -0.05) is 6.07 Å². The molecular weight excluding hydrogens is 264 g/mol. The predicted molar refractivity (Wildman–Crippen MR) is 83.3 cm³/mol. The van der Waals surface area contributed by atoms with Crippen molar-refractivity contribution < 1.29 is 4.79 Å². The lowest BCUT2D eigenvalue weighted by Gasteiger charge is -2.14. The van der Waals surface area contributed by atoms with Gasteiger partial charge in [-0.2, -0.15) is 0 Å². The van der Waals surface area contributed by atoms with E-state index in [0.717, 1.165) is 17.9 Å². The molecule has 0 aliphatic rings. The molecule has 1 unspecified atom stereocenters. The Morgan fingerprint density at radius 3 is 2.81 bits per heavy atom. The molecule has 2 rings (SSSR count). The molecule has 0 radical (unpaired) electrons. The molecule has 5 heteroatoms. The number of amides is 1. The Kier molecular flexibility index (Phi) is 4.87. The Balaban J connectivity index is 2.13. The first-order chi connectivity index (χ1) is 10.1. The van der Waals surface area contributed by atoms with Gasteiger partial charge in [0.2, 0.25) is 0 Å². The molecule has 2 aromatic rings. The molecule has 0 spiro atoms. The van der Waals surface area contributed by atoms with Crippen LogP contribution in [0.1, 0.15) is 41.6 Å². The number of aryl methyl sites for hydroxylation is 1. The first-order valence-corrected chi connectivity index (χ1v) is 7.04. The minimum Gasteiger partial charge on any atom is -0.370 e. The van der Waals surface area contributed by atoms with Gasteiger partial charge in [-0.05, 0) is 45.0 Å². The van der Waals surface area contributed by atoms with Crippen molar-refractivity contribution in [2.24, 2.45) is 0 Å². The summed E-state index contributed by atoms with van der Waals surface area (Å²) < 4.78 is 0. The SMILES string of the molecule is CCNc1cc(C(=O)NC(C)c2ccccn2)cc(C)n1. The Morgan fingerprint density at radius 2 is 2.14 bits per heavy atom. The van der Waals surface area contributed by atoms with E-state index in [2.05, 4.69) is 20.6 Å². The number of anilines is 1. The fourth-order valence-electron chi connectivity index (χ4n) is 2.06. The zero-order chi connectivity index (χ0) is 15.2. The van der Waals surface area contributed by atoms with Crippen LogP contribution in [0.3, 0.4) is 0 Å². The van der Waals surface area contributed by atoms with Gasteiger partial charge in [-0.15, -0.1) is 0 Å². The molecule has 0 fully saturated rings. The molecular formula is C16H20N4O.